The molecule has 154 valence electrons. The Morgan fingerprint density at radius 2 is 2.03 bits per heavy atom. The maximum atomic E-state index is 13.0. The van der Waals surface area contributed by atoms with Crippen molar-refractivity contribution in [2.75, 3.05) is 11.9 Å². The molecule has 1 aliphatic heterocycles. The monoisotopic (exact) mass is 405 g/mol. The van der Waals surface area contributed by atoms with Gasteiger partial charge in [0.05, 0.1) is 18.0 Å². The highest BCUT2D eigenvalue weighted by Crippen LogP contribution is 2.38. The van der Waals surface area contributed by atoms with Gasteiger partial charge in [-0.05, 0) is 39.0 Å². The second-order valence-electron chi connectivity index (χ2n) is 7.22. The van der Waals surface area contributed by atoms with Crippen molar-refractivity contribution in [2.45, 2.75) is 33.3 Å². The largest absolute Gasteiger partial charge is 0.492 e. The molecule has 0 saturated heterocycles. The molecule has 1 N–H and O–H groups in total. The summed E-state index contributed by atoms with van der Waals surface area (Å²) in [5, 5.41) is 7.09. The molecule has 4 rings (SSSR count). The molecule has 0 fully saturated rings. The van der Waals surface area contributed by atoms with E-state index < -0.39 is 11.3 Å². The first-order valence-electron chi connectivity index (χ1n) is 9.90. The topological polar surface area (TPSA) is 82.5 Å². The predicted molar refractivity (Wildman–Crippen MR) is 114 cm³/mol. The quantitative estimate of drug-likeness (QED) is 0.702. The second kappa shape index (κ2) is 8.02. The molecule has 3 aromatic rings. The van der Waals surface area contributed by atoms with Gasteiger partial charge in [-0.1, -0.05) is 18.2 Å². The summed E-state index contributed by atoms with van der Waals surface area (Å²) in [7, 11) is 0. The minimum Gasteiger partial charge on any atom is -0.492 e. The van der Waals surface area contributed by atoms with Crippen molar-refractivity contribution in [1.82, 2.24) is 9.78 Å². The number of benzene rings is 2. The van der Waals surface area contributed by atoms with Gasteiger partial charge in [0.25, 0.3) is 5.91 Å². The van der Waals surface area contributed by atoms with Crippen LogP contribution in [-0.2, 0) is 6.42 Å². The average Bonchev–Trinajstić information content (AvgIpc) is 3.08. The van der Waals surface area contributed by atoms with Crippen LogP contribution in [0.5, 0.6) is 11.5 Å². The highest BCUT2D eigenvalue weighted by molar-refractivity contribution is 6.03. The molecule has 0 spiro atoms. The van der Waals surface area contributed by atoms with E-state index in [1.807, 2.05) is 50.2 Å². The summed E-state index contributed by atoms with van der Waals surface area (Å²) in [6.45, 7) is 6.08. The first-order valence-corrected chi connectivity index (χ1v) is 9.90. The average molecular weight is 405 g/mol. The van der Waals surface area contributed by atoms with Gasteiger partial charge < -0.3 is 14.8 Å². The molecule has 0 saturated carbocycles. The van der Waals surface area contributed by atoms with Gasteiger partial charge >= 0.3 is 0 Å². The molecule has 0 aliphatic carbocycles. The number of carbonyl (C=O) groups is 1. The van der Waals surface area contributed by atoms with Crippen LogP contribution in [0.15, 0.2) is 53.3 Å². The van der Waals surface area contributed by atoms with Crippen LogP contribution in [0.1, 0.15) is 35.6 Å². The Labute approximate surface area is 174 Å². The Balaban J connectivity index is 1.70. The van der Waals surface area contributed by atoms with Crippen LogP contribution < -0.4 is 20.2 Å². The van der Waals surface area contributed by atoms with Gasteiger partial charge in [-0.2, -0.15) is 5.10 Å². The van der Waals surface area contributed by atoms with E-state index in [0.717, 1.165) is 17.7 Å². The summed E-state index contributed by atoms with van der Waals surface area (Å²) >= 11 is 0. The van der Waals surface area contributed by atoms with Crippen molar-refractivity contribution < 1.29 is 14.3 Å². The Hall–Kier alpha value is -3.61. The standard InChI is InChI=1S/C23H23N3O4/c1-4-29-21-12-16-11-15(3)30-20(16)13-18(21)24-23(28)22-19(27)10-14(2)26(25-22)17-8-6-5-7-9-17/h5-10,12-13,15H,4,11H2,1-3H3,(H,24,28). The highest BCUT2D eigenvalue weighted by atomic mass is 16.5. The van der Waals surface area contributed by atoms with Crippen molar-refractivity contribution in [3.63, 3.8) is 0 Å². The molecule has 1 atom stereocenters. The van der Waals surface area contributed by atoms with Crippen LogP contribution in [0.25, 0.3) is 5.69 Å². The minimum atomic E-state index is -0.600. The van der Waals surface area contributed by atoms with Gasteiger partial charge in [-0.3, -0.25) is 9.59 Å². The maximum Gasteiger partial charge on any atom is 0.280 e. The zero-order chi connectivity index (χ0) is 21.3. The fourth-order valence-electron chi connectivity index (χ4n) is 3.53. The number of hydrogen-bond acceptors (Lipinski definition) is 5. The summed E-state index contributed by atoms with van der Waals surface area (Å²) in [6, 6.07) is 14.4. The number of para-hydroxylation sites is 1. The van der Waals surface area contributed by atoms with E-state index in [-0.39, 0.29) is 11.8 Å². The fraction of sp³-hybridized carbons (Fsp3) is 0.261. The third-order valence-corrected chi connectivity index (χ3v) is 4.87. The molecule has 0 radical (unpaired) electrons. The number of hydrogen-bond donors (Lipinski definition) is 1. The minimum absolute atomic E-state index is 0.0669. The van der Waals surface area contributed by atoms with Crippen LogP contribution in [0.3, 0.4) is 0 Å². The first-order chi connectivity index (χ1) is 14.5. The number of ether oxygens (including phenoxy) is 2. The first kappa shape index (κ1) is 19.7. The van der Waals surface area contributed by atoms with E-state index >= 15 is 0 Å². The molecule has 7 nitrogen and oxygen atoms in total. The van der Waals surface area contributed by atoms with E-state index in [1.54, 1.807) is 17.7 Å². The number of anilines is 1. The van der Waals surface area contributed by atoms with E-state index in [0.29, 0.717) is 29.5 Å². The van der Waals surface area contributed by atoms with Gasteiger partial charge in [-0.25, -0.2) is 4.68 Å². The summed E-state index contributed by atoms with van der Waals surface area (Å²) in [5.74, 6) is 0.647. The molecular formula is C23H23N3O4. The van der Waals surface area contributed by atoms with Crippen molar-refractivity contribution in [1.29, 1.82) is 0 Å². The smallest absolute Gasteiger partial charge is 0.280 e. The van der Waals surface area contributed by atoms with Crippen molar-refractivity contribution in [2.24, 2.45) is 0 Å². The zero-order valence-corrected chi connectivity index (χ0v) is 17.1. The summed E-state index contributed by atoms with van der Waals surface area (Å²) in [6.07, 6.45) is 0.850. The molecule has 2 aromatic carbocycles. The van der Waals surface area contributed by atoms with Gasteiger partial charge in [0, 0.05) is 29.8 Å². The molecule has 1 amide bonds. The predicted octanol–water partition coefficient (Wildman–Crippen LogP) is 3.52. The fourth-order valence-corrected chi connectivity index (χ4v) is 3.53. The van der Waals surface area contributed by atoms with E-state index in [1.165, 1.54) is 6.07 Å². The van der Waals surface area contributed by atoms with Gasteiger partial charge in [0.2, 0.25) is 5.43 Å². The third-order valence-electron chi connectivity index (χ3n) is 4.87. The van der Waals surface area contributed by atoms with E-state index in [4.69, 9.17) is 9.47 Å². The number of rotatable bonds is 5. The van der Waals surface area contributed by atoms with Crippen LogP contribution in [-0.4, -0.2) is 28.4 Å². The van der Waals surface area contributed by atoms with Crippen molar-refractivity contribution in [3.8, 4) is 17.2 Å². The van der Waals surface area contributed by atoms with Crippen molar-refractivity contribution in [3.05, 3.63) is 75.7 Å². The normalized spacial score (nSPS) is 14.7. The molecule has 1 aromatic heterocycles. The molecule has 0 bridgehead atoms. The number of aryl methyl sites for hydroxylation is 1. The Morgan fingerprint density at radius 1 is 1.27 bits per heavy atom. The lowest BCUT2D eigenvalue weighted by Crippen LogP contribution is -2.27. The molecular weight excluding hydrogens is 382 g/mol. The van der Waals surface area contributed by atoms with Gasteiger partial charge in [-0.15, -0.1) is 0 Å². The second-order valence-corrected chi connectivity index (χ2v) is 7.22. The van der Waals surface area contributed by atoms with E-state index in [2.05, 4.69) is 10.4 Å². The van der Waals surface area contributed by atoms with Crippen LogP contribution >= 0.6 is 0 Å². The highest BCUT2D eigenvalue weighted by Gasteiger charge is 2.24. The van der Waals surface area contributed by atoms with Gasteiger partial charge in [0.15, 0.2) is 5.69 Å². The number of carbonyl (C=O) groups excluding carboxylic acids is 1. The van der Waals surface area contributed by atoms with E-state index in [9.17, 15) is 9.59 Å². The summed E-state index contributed by atoms with van der Waals surface area (Å²) in [4.78, 5) is 25.5. The van der Waals surface area contributed by atoms with Crippen LogP contribution in [0, 0.1) is 6.92 Å². The maximum absolute atomic E-state index is 13.0. The number of nitrogens with zero attached hydrogens (tertiary/aromatic N) is 2. The van der Waals surface area contributed by atoms with Crippen LogP contribution in [0.2, 0.25) is 0 Å². The summed E-state index contributed by atoms with van der Waals surface area (Å²) < 4.78 is 13.1. The number of aromatic nitrogens is 2. The lowest BCUT2D eigenvalue weighted by atomic mass is 10.1. The summed E-state index contributed by atoms with van der Waals surface area (Å²) in [5.41, 5.74) is 2.24. The van der Waals surface area contributed by atoms with Crippen LogP contribution in [0.4, 0.5) is 5.69 Å². The number of fused-ring (bicyclic) bond motifs is 1. The Kier molecular flexibility index (Phi) is 5.27. The lowest BCUT2D eigenvalue weighted by molar-refractivity contribution is 0.101. The Bertz CT molecular complexity index is 1160. The zero-order valence-electron chi connectivity index (χ0n) is 17.1. The number of amides is 1. The molecule has 7 heteroatoms. The molecule has 30 heavy (non-hydrogen) atoms. The molecule has 1 unspecified atom stereocenters. The lowest BCUT2D eigenvalue weighted by Gasteiger charge is -2.14. The molecule has 2 heterocycles. The Morgan fingerprint density at radius 3 is 2.77 bits per heavy atom. The molecule has 1 aliphatic rings. The van der Waals surface area contributed by atoms with Crippen molar-refractivity contribution >= 4 is 11.6 Å². The number of nitrogens with one attached hydrogen (secondary N) is 1. The van der Waals surface area contributed by atoms with Gasteiger partial charge in [0.1, 0.15) is 17.6 Å². The SMILES string of the molecule is CCOc1cc2c(cc1NC(=O)c1nn(-c3ccccc3)c(C)cc1=O)OC(C)C2. The third kappa shape index (κ3) is 3.78.